The molecule has 4 aromatic rings. The van der Waals surface area contributed by atoms with Gasteiger partial charge in [-0.15, -0.1) is 14.6 Å². The molecule has 0 saturated heterocycles. The van der Waals surface area contributed by atoms with Crippen LogP contribution < -0.4 is 5.73 Å². The molecule has 20 nitrogen and oxygen atoms in total. The fourth-order valence-corrected chi connectivity index (χ4v) is 8.10. The molecule has 0 aliphatic carbocycles. The van der Waals surface area contributed by atoms with Crippen LogP contribution in [0.3, 0.4) is 0 Å². The van der Waals surface area contributed by atoms with Gasteiger partial charge in [0.2, 0.25) is 14.9 Å². The van der Waals surface area contributed by atoms with Gasteiger partial charge in [0.05, 0.1) is 54.9 Å². The third-order valence-corrected chi connectivity index (χ3v) is 12.1. The van der Waals surface area contributed by atoms with Gasteiger partial charge in [0.25, 0.3) is 22.4 Å². The van der Waals surface area contributed by atoms with Crippen molar-refractivity contribution in [1.82, 2.24) is 0 Å². The van der Waals surface area contributed by atoms with E-state index in [1.54, 1.807) is 6.92 Å². The molecule has 0 heterocycles. The summed E-state index contributed by atoms with van der Waals surface area (Å²) in [5.41, 5.74) is 4.97. The van der Waals surface area contributed by atoms with Crippen LogP contribution in [0.5, 0.6) is 5.75 Å². The van der Waals surface area contributed by atoms with Crippen LogP contribution in [-0.4, -0.2) is 51.2 Å². The number of anilines is 1. The van der Waals surface area contributed by atoms with Gasteiger partial charge in [-0.3, -0.25) is 4.55 Å². The Hall–Kier alpha value is -4.25. The van der Waals surface area contributed by atoms with Gasteiger partial charge in [0.1, 0.15) is 16.3 Å². The molecule has 0 atom stereocenters. The first kappa shape index (κ1) is 40.5. The lowest BCUT2D eigenvalue weighted by Gasteiger charge is -2.14. The molecule has 0 unspecified atom stereocenters. The fraction of sp³-hybridized carbons (Fsp3) is 0.111. The summed E-state index contributed by atoms with van der Waals surface area (Å²) in [5.74, 6) is -0.794. The Morgan fingerprint density at radius 1 is 0.827 bits per heavy atom. The first-order valence-corrected chi connectivity index (χ1v) is 19.8. The quantitative estimate of drug-likeness (QED) is 0.0104. The van der Waals surface area contributed by atoms with E-state index in [1.165, 1.54) is 42.5 Å². The van der Waals surface area contributed by atoms with Gasteiger partial charge in [-0.1, -0.05) is 21.3 Å². The monoisotopic (exact) mass is 819 g/mol. The van der Waals surface area contributed by atoms with Gasteiger partial charge >= 0.3 is 0 Å². The third kappa shape index (κ3) is 9.40. The van der Waals surface area contributed by atoms with E-state index in [0.717, 1.165) is 18.2 Å². The molecule has 0 aromatic heterocycles. The van der Waals surface area contributed by atoms with Gasteiger partial charge < -0.3 is 15.0 Å². The maximum Gasteiger partial charge on any atom is 0.296 e. The van der Waals surface area contributed by atoms with Crippen molar-refractivity contribution in [2.75, 3.05) is 11.5 Å². The number of nitrogens with two attached hydrogens (primary N) is 1. The zero-order chi connectivity index (χ0) is 38.3. The van der Waals surface area contributed by atoms with Gasteiger partial charge in [-0.25, -0.2) is 27.4 Å². The summed E-state index contributed by atoms with van der Waals surface area (Å²) < 4.78 is 97.9. The number of fused-ring (bicyclic) bond motifs is 1. The number of phenols is 1. The van der Waals surface area contributed by atoms with Crippen LogP contribution in [0.2, 0.25) is 0 Å². The predicted molar refractivity (Wildman–Crippen MR) is 184 cm³/mol. The molecule has 0 fully saturated rings. The number of phenolic OH excluding ortho intramolecular Hbond substituents is 1. The number of benzene rings is 4. The zero-order valence-corrected chi connectivity index (χ0v) is 30.2. The Balaban J connectivity index is 1.78. The smallest absolute Gasteiger partial charge is 0.296 e. The van der Waals surface area contributed by atoms with E-state index in [-0.39, 0.29) is 60.6 Å². The summed E-state index contributed by atoms with van der Waals surface area (Å²) in [6.07, 6.45) is 0.398. The van der Waals surface area contributed by atoms with Crippen molar-refractivity contribution in [3.05, 3.63) is 72.3 Å². The van der Waals surface area contributed by atoms with Gasteiger partial charge in [0.15, 0.2) is 15.6 Å². The Morgan fingerprint density at radius 3 is 1.92 bits per heavy atom. The number of hydrogen-bond acceptors (Lipinski definition) is 21. The largest absolute Gasteiger partial charge is 0.505 e. The molecule has 278 valence electrons. The maximum atomic E-state index is 12.6. The standard InChI is InChI=1S/C27H25N5O15S5/c1-3-12-50(36,37)19-8-4-17(5-9-19)30-32-26-22(52(40,41)42)14-16-13-21(48-46-44-34)25(27(33)23(16)24(26)28)31-29-18-6-10-20(11-7-18)51(38,39)15(2)43-49-47-45-35/h4-11,13-14,33-35H,2-3,12,28H2,1H3,(H,40,41,42). The normalized spacial score (nSPS) is 12.6. The van der Waals surface area contributed by atoms with Crippen molar-refractivity contribution in [2.24, 2.45) is 20.5 Å². The minimum absolute atomic E-state index is 0.0171. The molecule has 25 heteroatoms. The Kier molecular flexibility index (Phi) is 13.3. The Labute approximate surface area is 303 Å². The molecule has 0 bridgehead atoms. The van der Waals surface area contributed by atoms with E-state index in [2.05, 4.69) is 50.0 Å². The number of nitrogen functional groups attached to an aromatic ring is 1. The molecule has 4 rings (SSSR count). The molecule has 0 aliphatic rings. The number of azo groups is 2. The van der Waals surface area contributed by atoms with Crippen LogP contribution in [0.15, 0.2) is 112 Å². The van der Waals surface area contributed by atoms with Crippen LogP contribution in [-0.2, 0) is 52.7 Å². The zero-order valence-electron chi connectivity index (χ0n) is 26.1. The number of aromatic hydroxyl groups is 1. The van der Waals surface area contributed by atoms with E-state index in [4.69, 9.17) is 16.2 Å². The highest BCUT2D eigenvalue weighted by molar-refractivity contribution is 7.96. The van der Waals surface area contributed by atoms with Gasteiger partial charge in [-0.2, -0.15) is 18.6 Å². The lowest BCUT2D eigenvalue weighted by molar-refractivity contribution is -0.434. The lowest BCUT2D eigenvalue weighted by Crippen LogP contribution is -2.05. The topological polar surface area (TPSA) is 305 Å². The van der Waals surface area contributed by atoms with E-state index in [1.807, 2.05) is 0 Å². The average molecular weight is 820 g/mol. The highest BCUT2D eigenvalue weighted by atomic mass is 32.2. The van der Waals surface area contributed by atoms with Crippen molar-refractivity contribution in [3.63, 3.8) is 0 Å². The molecular formula is C27H25N5O15S5. The minimum atomic E-state index is -5.03. The van der Waals surface area contributed by atoms with Crippen LogP contribution in [0.1, 0.15) is 13.3 Å². The second-order valence-electron chi connectivity index (χ2n) is 9.88. The van der Waals surface area contributed by atoms with E-state index < -0.39 is 56.9 Å². The number of nitrogens with zero attached hydrogens (tertiary/aromatic N) is 4. The van der Waals surface area contributed by atoms with Crippen LogP contribution in [0.4, 0.5) is 28.4 Å². The first-order valence-electron chi connectivity index (χ1n) is 13.8. The summed E-state index contributed by atoms with van der Waals surface area (Å²) in [4.78, 5) is -1.20. The molecule has 0 amide bonds. The van der Waals surface area contributed by atoms with Crippen molar-refractivity contribution >= 4 is 93.4 Å². The van der Waals surface area contributed by atoms with Gasteiger partial charge in [0, 0.05) is 0 Å². The molecule has 4 aromatic carbocycles. The Bertz CT molecular complexity index is 2360. The summed E-state index contributed by atoms with van der Waals surface area (Å²) in [6, 6.07) is 12.0. The van der Waals surface area contributed by atoms with Crippen LogP contribution in [0, 0.1) is 0 Å². The molecule has 0 spiro atoms. The molecule has 0 aliphatic heterocycles. The molecule has 0 radical (unpaired) electrons. The lowest BCUT2D eigenvalue weighted by atomic mass is 10.1. The SMILES string of the molecule is C=C(OSOOO)S(=O)(=O)c1ccc(N=Nc2c(SOOO)cc3cc(S(=O)(=O)O)c(N=Nc4ccc(S(=O)(=O)CCC)cc4)c(N)c3c2O)cc1. The molecule has 0 saturated carbocycles. The summed E-state index contributed by atoms with van der Waals surface area (Å²) in [5, 5.41) is 49.8. The first-order chi connectivity index (χ1) is 24.5. The second kappa shape index (κ2) is 17.1. The molecule has 6 N–H and O–H groups in total. The van der Waals surface area contributed by atoms with Crippen LogP contribution in [0.25, 0.3) is 10.8 Å². The number of rotatable bonds is 17. The molecular weight excluding hydrogens is 795 g/mol. The van der Waals surface area contributed by atoms with E-state index >= 15 is 0 Å². The number of sulfone groups is 2. The summed E-state index contributed by atoms with van der Waals surface area (Å²) in [6.45, 7) is 4.98. The highest BCUT2D eigenvalue weighted by Crippen LogP contribution is 2.49. The Morgan fingerprint density at radius 2 is 1.38 bits per heavy atom. The van der Waals surface area contributed by atoms with Crippen molar-refractivity contribution in [1.29, 1.82) is 0 Å². The van der Waals surface area contributed by atoms with E-state index in [9.17, 15) is 34.9 Å². The van der Waals surface area contributed by atoms with Gasteiger partial charge in [-0.05, 0) is 79.0 Å². The van der Waals surface area contributed by atoms with E-state index in [0.29, 0.717) is 18.5 Å². The van der Waals surface area contributed by atoms with Crippen molar-refractivity contribution in [3.8, 4) is 5.75 Å². The van der Waals surface area contributed by atoms with Crippen molar-refractivity contribution < 1.29 is 68.4 Å². The highest BCUT2D eigenvalue weighted by Gasteiger charge is 2.26. The van der Waals surface area contributed by atoms with Crippen molar-refractivity contribution in [2.45, 2.75) is 32.9 Å². The molecule has 52 heavy (non-hydrogen) atoms. The fourth-order valence-electron chi connectivity index (χ4n) is 4.28. The average Bonchev–Trinajstić information content (AvgIpc) is 3.09. The summed E-state index contributed by atoms with van der Waals surface area (Å²) >= 11 is 0.285. The van der Waals surface area contributed by atoms with Crippen LogP contribution >= 0.6 is 24.4 Å². The third-order valence-electron chi connectivity index (χ3n) is 6.58. The number of hydrogen-bond donors (Lipinski definition) is 5. The predicted octanol–water partition coefficient (Wildman–Crippen LogP) is 7.06. The maximum absolute atomic E-state index is 12.6. The second-order valence-corrected chi connectivity index (χ2v) is 16.5. The summed E-state index contributed by atoms with van der Waals surface area (Å²) in [7, 11) is -12.8. The minimum Gasteiger partial charge on any atom is -0.505 e.